The molecule has 0 aliphatic rings. The van der Waals surface area contributed by atoms with Crippen molar-refractivity contribution in [3.63, 3.8) is 0 Å². The Morgan fingerprint density at radius 1 is 1.16 bits per heavy atom. The summed E-state index contributed by atoms with van der Waals surface area (Å²) in [6.07, 6.45) is 5.05. The quantitative estimate of drug-likeness (QED) is 0.662. The first-order chi connectivity index (χ1) is 12.2. The van der Waals surface area contributed by atoms with Gasteiger partial charge in [-0.1, -0.05) is 6.07 Å². The zero-order chi connectivity index (χ0) is 17.5. The lowest BCUT2D eigenvalue weighted by Gasteiger charge is -2.08. The van der Waals surface area contributed by atoms with Crippen LogP contribution in [-0.2, 0) is 11.3 Å². The Labute approximate surface area is 144 Å². The van der Waals surface area contributed by atoms with Gasteiger partial charge in [0.15, 0.2) is 5.82 Å². The van der Waals surface area contributed by atoms with E-state index in [2.05, 4.69) is 35.5 Å². The number of carbonyl (C=O) groups excluding carboxylic acids is 1. The van der Waals surface area contributed by atoms with Crippen LogP contribution < -0.4 is 10.6 Å². The van der Waals surface area contributed by atoms with Crippen molar-refractivity contribution in [2.75, 3.05) is 17.7 Å². The molecule has 3 aromatic rings. The number of methoxy groups -OCH3 is 1. The van der Waals surface area contributed by atoms with Crippen molar-refractivity contribution in [2.45, 2.75) is 6.54 Å². The molecule has 0 aliphatic carbocycles. The average molecular weight is 336 g/mol. The highest BCUT2D eigenvalue weighted by atomic mass is 16.5. The van der Waals surface area contributed by atoms with Gasteiger partial charge in [-0.15, -0.1) is 5.10 Å². The number of anilines is 3. The molecule has 0 bridgehead atoms. The summed E-state index contributed by atoms with van der Waals surface area (Å²) >= 11 is 0. The first-order valence-corrected chi connectivity index (χ1v) is 7.52. The molecule has 2 aromatic heterocycles. The van der Waals surface area contributed by atoms with Crippen LogP contribution in [0.5, 0.6) is 0 Å². The molecule has 0 aliphatic heterocycles. The maximum atomic E-state index is 11.4. The third-order valence-corrected chi connectivity index (χ3v) is 3.32. The molecule has 3 rings (SSSR count). The molecule has 0 spiro atoms. The average Bonchev–Trinajstić information content (AvgIpc) is 2.67. The van der Waals surface area contributed by atoms with Gasteiger partial charge in [0.1, 0.15) is 0 Å². The van der Waals surface area contributed by atoms with Gasteiger partial charge in [-0.3, -0.25) is 4.98 Å². The normalized spacial score (nSPS) is 10.1. The number of carbonyl (C=O) groups is 1. The van der Waals surface area contributed by atoms with Crippen molar-refractivity contribution >= 4 is 23.4 Å². The van der Waals surface area contributed by atoms with Gasteiger partial charge in [0, 0.05) is 24.6 Å². The first kappa shape index (κ1) is 16.3. The maximum Gasteiger partial charge on any atom is 0.337 e. The minimum absolute atomic E-state index is 0.349. The molecule has 0 atom stereocenters. The summed E-state index contributed by atoms with van der Waals surface area (Å²) in [5.41, 5.74) is 2.24. The fourth-order valence-electron chi connectivity index (χ4n) is 2.07. The number of nitrogens with one attached hydrogen (secondary N) is 2. The number of benzene rings is 1. The van der Waals surface area contributed by atoms with Gasteiger partial charge in [-0.25, -0.2) is 4.79 Å². The van der Waals surface area contributed by atoms with Crippen LogP contribution in [0.3, 0.4) is 0 Å². The van der Waals surface area contributed by atoms with Crippen LogP contribution in [0.15, 0.2) is 55.0 Å². The summed E-state index contributed by atoms with van der Waals surface area (Å²) in [5.74, 6) is 0.556. The Balaban J connectivity index is 1.64. The second-order valence-corrected chi connectivity index (χ2v) is 5.07. The fourth-order valence-corrected chi connectivity index (χ4v) is 2.07. The molecule has 0 radical (unpaired) electrons. The third-order valence-electron chi connectivity index (χ3n) is 3.32. The van der Waals surface area contributed by atoms with Crippen molar-refractivity contribution in [3.05, 3.63) is 66.1 Å². The van der Waals surface area contributed by atoms with Crippen molar-refractivity contribution in [1.82, 2.24) is 20.2 Å². The van der Waals surface area contributed by atoms with Crippen LogP contribution in [0.1, 0.15) is 15.9 Å². The van der Waals surface area contributed by atoms with Crippen molar-refractivity contribution < 1.29 is 9.53 Å². The molecule has 0 amide bonds. The zero-order valence-corrected chi connectivity index (χ0v) is 13.5. The summed E-state index contributed by atoms with van der Waals surface area (Å²) in [5, 5.41) is 14.1. The van der Waals surface area contributed by atoms with Crippen LogP contribution in [0.2, 0.25) is 0 Å². The summed E-state index contributed by atoms with van der Waals surface area (Å²) in [4.78, 5) is 19.8. The monoisotopic (exact) mass is 336 g/mol. The van der Waals surface area contributed by atoms with Crippen molar-refractivity contribution in [2.24, 2.45) is 0 Å². The van der Waals surface area contributed by atoms with E-state index in [0.717, 1.165) is 11.3 Å². The van der Waals surface area contributed by atoms with Gasteiger partial charge in [-0.2, -0.15) is 10.1 Å². The summed E-state index contributed by atoms with van der Waals surface area (Å²) in [7, 11) is 1.35. The van der Waals surface area contributed by atoms with Gasteiger partial charge in [0.25, 0.3) is 0 Å². The molecule has 0 saturated heterocycles. The SMILES string of the molecule is COC(=O)c1ccc(Nc2nncc(NCc3cccnc3)n2)cc1. The van der Waals surface area contributed by atoms with Gasteiger partial charge < -0.3 is 15.4 Å². The second kappa shape index (κ2) is 7.82. The standard InChI is InChI=1S/C17H16N6O2/c1-25-16(24)13-4-6-14(7-5-13)21-17-22-15(11-20-23-17)19-10-12-3-2-8-18-9-12/h2-9,11H,10H2,1H3,(H2,19,21,22,23). The smallest absolute Gasteiger partial charge is 0.337 e. The minimum atomic E-state index is -0.383. The highest BCUT2D eigenvalue weighted by Gasteiger charge is 2.06. The highest BCUT2D eigenvalue weighted by Crippen LogP contribution is 2.15. The van der Waals surface area contributed by atoms with Crippen molar-refractivity contribution in [1.29, 1.82) is 0 Å². The fraction of sp³-hybridized carbons (Fsp3) is 0.118. The molecule has 126 valence electrons. The third kappa shape index (κ3) is 4.47. The Hall–Kier alpha value is -3.55. The predicted molar refractivity (Wildman–Crippen MR) is 92.5 cm³/mol. The number of nitrogens with zero attached hydrogens (tertiary/aromatic N) is 4. The van der Waals surface area contributed by atoms with E-state index in [1.807, 2.05) is 12.1 Å². The summed E-state index contributed by atoms with van der Waals surface area (Å²) in [6.45, 7) is 0.583. The van der Waals surface area contributed by atoms with Gasteiger partial charge >= 0.3 is 5.97 Å². The molecule has 0 unspecified atom stereocenters. The number of rotatable bonds is 6. The maximum absolute atomic E-state index is 11.4. The van der Waals surface area contributed by atoms with E-state index >= 15 is 0 Å². The number of hydrogen-bond acceptors (Lipinski definition) is 8. The number of esters is 1. The molecule has 0 fully saturated rings. The number of ether oxygens (including phenoxy) is 1. The molecule has 8 nitrogen and oxygen atoms in total. The van der Waals surface area contributed by atoms with Crippen LogP contribution in [0, 0.1) is 0 Å². The lowest BCUT2D eigenvalue weighted by molar-refractivity contribution is 0.0601. The van der Waals surface area contributed by atoms with E-state index < -0.39 is 0 Å². The lowest BCUT2D eigenvalue weighted by Crippen LogP contribution is -2.06. The van der Waals surface area contributed by atoms with E-state index in [-0.39, 0.29) is 5.97 Å². The number of aromatic nitrogens is 4. The molecule has 1 aromatic carbocycles. The second-order valence-electron chi connectivity index (χ2n) is 5.07. The Morgan fingerprint density at radius 2 is 2.00 bits per heavy atom. The van der Waals surface area contributed by atoms with Gasteiger partial charge in [0.05, 0.1) is 18.9 Å². The van der Waals surface area contributed by atoms with Crippen LogP contribution in [0.25, 0.3) is 0 Å². The summed E-state index contributed by atoms with van der Waals surface area (Å²) < 4.78 is 4.67. The number of pyridine rings is 1. The topological polar surface area (TPSA) is 102 Å². The van der Waals surface area contributed by atoms with E-state index in [9.17, 15) is 4.79 Å². The van der Waals surface area contributed by atoms with Gasteiger partial charge in [-0.05, 0) is 35.9 Å². The van der Waals surface area contributed by atoms with Gasteiger partial charge in [0.2, 0.25) is 5.95 Å². The molecule has 8 heteroatoms. The van der Waals surface area contributed by atoms with Crippen molar-refractivity contribution in [3.8, 4) is 0 Å². The lowest BCUT2D eigenvalue weighted by atomic mass is 10.2. The van der Waals surface area contributed by atoms with Crippen LogP contribution in [-0.4, -0.2) is 33.2 Å². The molecule has 0 saturated carbocycles. The molecule has 25 heavy (non-hydrogen) atoms. The predicted octanol–water partition coefficient (Wildman–Crippen LogP) is 2.41. The Morgan fingerprint density at radius 3 is 2.72 bits per heavy atom. The molecular formula is C17H16N6O2. The minimum Gasteiger partial charge on any atom is -0.465 e. The van der Waals surface area contributed by atoms with E-state index in [4.69, 9.17) is 0 Å². The number of hydrogen-bond donors (Lipinski definition) is 2. The Bertz CT molecular complexity index is 839. The largest absolute Gasteiger partial charge is 0.465 e. The van der Waals surface area contributed by atoms with Crippen LogP contribution in [0.4, 0.5) is 17.5 Å². The molecular weight excluding hydrogens is 320 g/mol. The molecule has 2 N–H and O–H groups in total. The molecule has 2 heterocycles. The Kier molecular flexibility index (Phi) is 5.10. The first-order valence-electron chi connectivity index (χ1n) is 7.52. The van der Waals surface area contributed by atoms with E-state index in [0.29, 0.717) is 23.9 Å². The highest BCUT2D eigenvalue weighted by molar-refractivity contribution is 5.89. The summed E-state index contributed by atoms with van der Waals surface area (Å²) in [6, 6.07) is 10.6. The van der Waals surface area contributed by atoms with Crippen LogP contribution >= 0.6 is 0 Å². The zero-order valence-electron chi connectivity index (χ0n) is 13.5. The van der Waals surface area contributed by atoms with E-state index in [1.54, 1.807) is 42.9 Å². The van der Waals surface area contributed by atoms with E-state index in [1.165, 1.54) is 7.11 Å².